The molecule has 0 unspecified atom stereocenters. The van der Waals surface area contributed by atoms with Gasteiger partial charge in [-0.3, -0.25) is 4.79 Å². The van der Waals surface area contributed by atoms with Gasteiger partial charge < -0.3 is 0 Å². The van der Waals surface area contributed by atoms with Crippen molar-refractivity contribution in [3.63, 3.8) is 0 Å². The van der Waals surface area contributed by atoms with Gasteiger partial charge in [-0.15, -0.1) is 0 Å². The molecule has 27 heavy (non-hydrogen) atoms. The first-order valence-corrected chi connectivity index (χ1v) is 12.5. The second-order valence-electron chi connectivity index (χ2n) is 10.6. The molecule has 1 aliphatic heterocycles. The first kappa shape index (κ1) is 18.2. The number of amides is 1. The maximum absolute atomic E-state index is 13.8. The van der Waals surface area contributed by atoms with Gasteiger partial charge in [-0.2, -0.15) is 0 Å². The van der Waals surface area contributed by atoms with Gasteiger partial charge in [-0.05, 0) is 61.2 Å². The highest BCUT2D eigenvalue weighted by molar-refractivity contribution is 7.90. The molecule has 3 saturated carbocycles. The Morgan fingerprint density at radius 3 is 2.59 bits per heavy atom. The van der Waals surface area contributed by atoms with Crippen molar-refractivity contribution in [3.05, 3.63) is 12.2 Å². The Bertz CT molecular complexity index is 800. The quantitative estimate of drug-likeness (QED) is 0.635. The molecule has 1 spiro atoms. The zero-order valence-electron chi connectivity index (χ0n) is 16.9. The third-order valence-corrected chi connectivity index (χ3v) is 11.4. The van der Waals surface area contributed by atoms with Crippen LogP contribution in [-0.4, -0.2) is 30.4 Å². The van der Waals surface area contributed by atoms with Gasteiger partial charge in [-0.25, -0.2) is 12.7 Å². The second kappa shape index (κ2) is 5.61. The van der Waals surface area contributed by atoms with Crippen LogP contribution in [0.2, 0.25) is 0 Å². The molecular formula is C22H33NO3S. The highest BCUT2D eigenvalue weighted by atomic mass is 32.2. The summed E-state index contributed by atoms with van der Waals surface area (Å²) in [5.74, 6) is 1.42. The van der Waals surface area contributed by atoms with Crippen molar-refractivity contribution in [2.45, 2.75) is 71.8 Å². The zero-order chi connectivity index (χ0) is 19.2. The topological polar surface area (TPSA) is 54.5 Å². The third-order valence-electron chi connectivity index (χ3n) is 9.48. The van der Waals surface area contributed by atoms with E-state index in [1.807, 2.05) is 0 Å². The molecule has 7 atom stereocenters. The lowest BCUT2D eigenvalue weighted by atomic mass is 9.64. The molecule has 0 N–H and O–H groups in total. The molecule has 4 aliphatic carbocycles. The molecule has 0 aromatic rings. The Balaban J connectivity index is 1.53. The van der Waals surface area contributed by atoms with Crippen molar-refractivity contribution >= 4 is 15.9 Å². The van der Waals surface area contributed by atoms with E-state index in [1.165, 1.54) is 17.1 Å². The van der Waals surface area contributed by atoms with E-state index in [4.69, 9.17) is 0 Å². The van der Waals surface area contributed by atoms with Crippen LogP contribution >= 0.6 is 0 Å². The lowest BCUT2D eigenvalue weighted by Gasteiger charge is -2.43. The van der Waals surface area contributed by atoms with Crippen LogP contribution in [0.3, 0.4) is 0 Å². The molecule has 5 aliphatic rings. The number of hydrogen-bond donors (Lipinski definition) is 0. The summed E-state index contributed by atoms with van der Waals surface area (Å²) in [6, 6.07) is -0.0936. The van der Waals surface area contributed by atoms with Gasteiger partial charge in [0.05, 0.1) is 11.8 Å². The lowest BCUT2D eigenvalue weighted by Crippen LogP contribution is -2.50. The van der Waals surface area contributed by atoms with E-state index >= 15 is 0 Å². The van der Waals surface area contributed by atoms with Crippen LogP contribution in [0.4, 0.5) is 0 Å². The van der Waals surface area contributed by atoms with Crippen molar-refractivity contribution in [1.29, 1.82) is 0 Å². The normalized spacial score (nSPS) is 49.1. The van der Waals surface area contributed by atoms with Gasteiger partial charge in [0.1, 0.15) is 0 Å². The molecule has 0 aromatic heterocycles. The largest absolute Gasteiger partial charge is 0.273 e. The predicted octanol–water partition coefficient (Wildman–Crippen LogP) is 3.98. The van der Waals surface area contributed by atoms with Crippen molar-refractivity contribution in [2.75, 3.05) is 5.75 Å². The van der Waals surface area contributed by atoms with Crippen molar-refractivity contribution < 1.29 is 13.2 Å². The van der Waals surface area contributed by atoms with E-state index in [2.05, 4.69) is 32.9 Å². The monoisotopic (exact) mass is 391 g/mol. The van der Waals surface area contributed by atoms with E-state index in [9.17, 15) is 13.2 Å². The molecule has 2 bridgehead atoms. The standard InChI is InChI=1S/C22H33NO3S/c1-14-8-9-15-6-4-5-7-17(15)19(14)20(24)23-18-12-16-10-11-22(18,21(16,2)3)13-27(23,25)26/h8-9,14-19H,4-7,10-13H2,1-3H3/t14-,15+,16-,17-,18+,19-,22-/m0/s1. The fourth-order valence-corrected chi connectivity index (χ4v) is 10.4. The summed E-state index contributed by atoms with van der Waals surface area (Å²) in [5, 5.41) is 0. The Morgan fingerprint density at radius 2 is 1.85 bits per heavy atom. The molecule has 150 valence electrons. The van der Waals surface area contributed by atoms with Crippen LogP contribution in [0.1, 0.15) is 65.7 Å². The molecule has 1 amide bonds. The van der Waals surface area contributed by atoms with Crippen molar-refractivity contribution in [3.8, 4) is 0 Å². The molecule has 4 nitrogen and oxygen atoms in total. The minimum absolute atomic E-state index is 0.0191. The summed E-state index contributed by atoms with van der Waals surface area (Å²) in [5.41, 5.74) is -0.197. The van der Waals surface area contributed by atoms with Gasteiger partial charge in [0, 0.05) is 11.3 Å². The number of allylic oxidation sites excluding steroid dienone is 2. The van der Waals surface area contributed by atoms with Gasteiger partial charge in [0.25, 0.3) is 0 Å². The summed E-state index contributed by atoms with van der Waals surface area (Å²) in [7, 11) is -3.51. The minimum Gasteiger partial charge on any atom is -0.273 e. The number of carbonyl (C=O) groups is 1. The number of sulfonamides is 1. The Morgan fingerprint density at radius 1 is 1.11 bits per heavy atom. The zero-order valence-corrected chi connectivity index (χ0v) is 17.7. The number of nitrogens with zero attached hydrogens (tertiary/aromatic N) is 1. The second-order valence-corrected chi connectivity index (χ2v) is 12.5. The molecule has 0 aromatic carbocycles. The molecular weight excluding hydrogens is 358 g/mol. The first-order valence-electron chi connectivity index (χ1n) is 10.9. The number of hydrogen-bond acceptors (Lipinski definition) is 3. The molecule has 5 heteroatoms. The number of carbonyl (C=O) groups excluding carboxylic acids is 1. The van der Waals surface area contributed by atoms with Crippen LogP contribution in [0.15, 0.2) is 12.2 Å². The van der Waals surface area contributed by atoms with E-state index in [-0.39, 0.29) is 40.4 Å². The maximum atomic E-state index is 13.8. The molecule has 0 radical (unpaired) electrons. The SMILES string of the molecule is C[C@H]1C=C[C@H]2CCCC[C@@H]2[C@H]1C(=O)N1[C@@H]2C[C@@H]3CC[C@@]2(CS1(=O)=O)C3(C)C. The number of fused-ring (bicyclic) bond motifs is 2. The number of rotatable bonds is 1. The van der Waals surface area contributed by atoms with Crippen molar-refractivity contribution in [2.24, 2.45) is 40.4 Å². The van der Waals surface area contributed by atoms with Gasteiger partial charge >= 0.3 is 0 Å². The fourth-order valence-electron chi connectivity index (χ4n) is 7.83. The summed E-state index contributed by atoms with van der Waals surface area (Å²) in [6.07, 6.45) is 12.0. The Hall–Kier alpha value is -0.840. The Kier molecular flexibility index (Phi) is 3.78. The van der Waals surface area contributed by atoms with Crippen molar-refractivity contribution in [1.82, 2.24) is 4.31 Å². The third kappa shape index (κ3) is 2.21. The van der Waals surface area contributed by atoms with E-state index in [0.29, 0.717) is 17.8 Å². The van der Waals surface area contributed by atoms with Gasteiger partial charge in [-0.1, -0.05) is 45.8 Å². The van der Waals surface area contributed by atoms with Gasteiger partial charge in [0.2, 0.25) is 15.9 Å². The van der Waals surface area contributed by atoms with Gasteiger partial charge in [0.15, 0.2) is 0 Å². The first-order chi connectivity index (χ1) is 12.7. The maximum Gasteiger partial charge on any atom is 0.240 e. The van der Waals surface area contributed by atoms with Crippen LogP contribution in [0.25, 0.3) is 0 Å². The highest BCUT2D eigenvalue weighted by Crippen LogP contribution is 2.70. The van der Waals surface area contributed by atoms with E-state index in [1.54, 1.807) is 0 Å². The molecule has 1 saturated heterocycles. The summed E-state index contributed by atoms with van der Waals surface area (Å²) < 4.78 is 28.0. The van der Waals surface area contributed by atoms with Crippen LogP contribution in [-0.2, 0) is 14.8 Å². The predicted molar refractivity (Wildman–Crippen MR) is 105 cm³/mol. The van der Waals surface area contributed by atoms with E-state index in [0.717, 1.165) is 32.1 Å². The fraction of sp³-hybridized carbons (Fsp3) is 0.864. The summed E-state index contributed by atoms with van der Waals surface area (Å²) in [4.78, 5) is 13.8. The highest BCUT2D eigenvalue weighted by Gasteiger charge is 2.72. The smallest absolute Gasteiger partial charge is 0.240 e. The molecule has 5 rings (SSSR count). The molecule has 1 heterocycles. The summed E-state index contributed by atoms with van der Waals surface area (Å²) >= 11 is 0. The molecule has 4 fully saturated rings. The Labute approximate surface area is 163 Å². The average Bonchev–Trinajstić information content (AvgIpc) is 3.08. The average molecular weight is 392 g/mol. The van der Waals surface area contributed by atoms with Crippen LogP contribution in [0.5, 0.6) is 0 Å². The lowest BCUT2D eigenvalue weighted by molar-refractivity contribution is -0.138. The summed E-state index contributed by atoms with van der Waals surface area (Å²) in [6.45, 7) is 6.60. The minimum atomic E-state index is -3.51. The van der Waals surface area contributed by atoms with E-state index < -0.39 is 10.0 Å². The van der Waals surface area contributed by atoms with Crippen LogP contribution < -0.4 is 0 Å². The van der Waals surface area contributed by atoms with Crippen LogP contribution in [0, 0.1) is 40.4 Å².